The third-order valence-corrected chi connectivity index (χ3v) is 4.30. The Morgan fingerprint density at radius 3 is 2.64 bits per heavy atom. The van der Waals surface area contributed by atoms with E-state index in [0.717, 1.165) is 10.9 Å². The van der Waals surface area contributed by atoms with E-state index >= 15 is 0 Å². The van der Waals surface area contributed by atoms with Gasteiger partial charge in [0.05, 0.1) is 7.11 Å². The van der Waals surface area contributed by atoms with Crippen LogP contribution in [-0.2, 0) is 6.54 Å². The lowest BCUT2D eigenvalue weighted by Crippen LogP contribution is -2.30. The number of nitrogens with zero attached hydrogens (tertiary/aromatic N) is 1. The lowest BCUT2D eigenvalue weighted by molar-refractivity contribution is 0.0721. The van der Waals surface area contributed by atoms with Crippen molar-refractivity contribution in [2.45, 2.75) is 20.4 Å². The van der Waals surface area contributed by atoms with Crippen LogP contribution in [0.3, 0.4) is 0 Å². The number of furan rings is 1. The number of methoxy groups -OCH3 is 1. The summed E-state index contributed by atoms with van der Waals surface area (Å²) in [5.41, 5.74) is 2.21. The molecule has 0 radical (unpaired) electrons. The summed E-state index contributed by atoms with van der Waals surface area (Å²) in [4.78, 5) is 14.5. The normalized spacial score (nSPS) is 10.9. The zero-order valence-corrected chi connectivity index (χ0v) is 14.5. The van der Waals surface area contributed by atoms with E-state index in [0.29, 0.717) is 30.0 Å². The van der Waals surface area contributed by atoms with Gasteiger partial charge < -0.3 is 14.1 Å². The minimum absolute atomic E-state index is 0.186. The molecule has 0 fully saturated rings. The van der Waals surface area contributed by atoms with Gasteiger partial charge in [-0.3, -0.25) is 4.79 Å². The fourth-order valence-corrected chi connectivity index (χ4v) is 2.88. The fourth-order valence-electron chi connectivity index (χ4n) is 2.88. The van der Waals surface area contributed by atoms with Crippen molar-refractivity contribution in [3.63, 3.8) is 0 Å². The molecular weight excluding hydrogens is 321 g/mol. The highest BCUT2D eigenvalue weighted by Gasteiger charge is 2.22. The van der Waals surface area contributed by atoms with E-state index in [-0.39, 0.29) is 11.7 Å². The van der Waals surface area contributed by atoms with E-state index in [1.807, 2.05) is 38.1 Å². The highest BCUT2D eigenvalue weighted by molar-refractivity contribution is 5.98. The number of hydrogen-bond acceptors (Lipinski definition) is 3. The van der Waals surface area contributed by atoms with Gasteiger partial charge in [0.1, 0.15) is 5.58 Å². The van der Waals surface area contributed by atoms with Crippen LogP contribution in [0.2, 0.25) is 0 Å². The van der Waals surface area contributed by atoms with E-state index < -0.39 is 5.82 Å². The first-order chi connectivity index (χ1) is 12.0. The molecule has 0 bridgehead atoms. The van der Waals surface area contributed by atoms with Crippen molar-refractivity contribution in [2.75, 3.05) is 13.7 Å². The van der Waals surface area contributed by atoms with Crippen molar-refractivity contribution in [3.05, 3.63) is 65.2 Å². The summed E-state index contributed by atoms with van der Waals surface area (Å²) in [5, 5.41) is 0.928. The van der Waals surface area contributed by atoms with Crippen LogP contribution in [-0.4, -0.2) is 24.5 Å². The Kier molecular flexibility index (Phi) is 4.74. The summed E-state index contributed by atoms with van der Waals surface area (Å²) >= 11 is 0. The maximum Gasteiger partial charge on any atom is 0.290 e. The second-order valence-corrected chi connectivity index (χ2v) is 5.84. The maximum atomic E-state index is 13.9. The largest absolute Gasteiger partial charge is 0.494 e. The summed E-state index contributed by atoms with van der Waals surface area (Å²) in [7, 11) is 1.42. The Balaban J connectivity index is 1.88. The van der Waals surface area contributed by atoms with E-state index in [9.17, 15) is 9.18 Å². The Morgan fingerprint density at radius 2 is 2.00 bits per heavy atom. The zero-order valence-electron chi connectivity index (χ0n) is 14.5. The highest BCUT2D eigenvalue weighted by Crippen LogP contribution is 2.26. The molecule has 1 amide bonds. The molecule has 5 heteroatoms. The summed E-state index contributed by atoms with van der Waals surface area (Å²) in [6.45, 7) is 4.55. The summed E-state index contributed by atoms with van der Waals surface area (Å²) in [5.74, 6) is -0.126. The number of ether oxygens (including phenoxy) is 1. The third-order valence-electron chi connectivity index (χ3n) is 4.30. The van der Waals surface area contributed by atoms with Crippen LogP contribution in [0.5, 0.6) is 5.75 Å². The number of amides is 1. The molecular formula is C20H20FNO3. The molecule has 0 spiro atoms. The average molecular weight is 341 g/mol. The minimum Gasteiger partial charge on any atom is -0.494 e. The van der Waals surface area contributed by atoms with Gasteiger partial charge in [-0.25, -0.2) is 4.39 Å². The molecule has 130 valence electrons. The number of halogens is 1. The molecule has 0 saturated heterocycles. The van der Waals surface area contributed by atoms with E-state index in [2.05, 4.69) is 0 Å². The van der Waals surface area contributed by atoms with Gasteiger partial charge >= 0.3 is 0 Å². The van der Waals surface area contributed by atoms with E-state index in [1.165, 1.54) is 13.2 Å². The first kappa shape index (κ1) is 17.0. The number of para-hydroxylation sites is 1. The highest BCUT2D eigenvalue weighted by atomic mass is 19.1. The number of rotatable bonds is 5. The van der Waals surface area contributed by atoms with Gasteiger partial charge in [0, 0.05) is 24.0 Å². The first-order valence-electron chi connectivity index (χ1n) is 8.15. The molecule has 0 unspecified atom stereocenters. The lowest BCUT2D eigenvalue weighted by atomic mass is 10.1. The standard InChI is InChI=1S/C20H20FNO3/c1-4-22(12-14-9-10-18(24-3)16(21)11-14)20(23)19-13(2)15-7-5-6-8-17(15)25-19/h5-11H,4,12H2,1-3H3. The average Bonchev–Trinajstić information content (AvgIpc) is 2.96. The quantitative estimate of drug-likeness (QED) is 0.684. The number of carbonyl (C=O) groups is 1. The summed E-state index contributed by atoms with van der Waals surface area (Å²) in [6, 6.07) is 12.3. The van der Waals surface area contributed by atoms with Crippen molar-refractivity contribution in [1.82, 2.24) is 4.90 Å². The smallest absolute Gasteiger partial charge is 0.290 e. The lowest BCUT2D eigenvalue weighted by Gasteiger charge is -2.20. The van der Waals surface area contributed by atoms with Crippen LogP contribution in [0.4, 0.5) is 4.39 Å². The zero-order chi connectivity index (χ0) is 18.0. The molecule has 0 aliphatic rings. The maximum absolute atomic E-state index is 13.9. The second kappa shape index (κ2) is 6.97. The van der Waals surface area contributed by atoms with Crippen LogP contribution in [0.25, 0.3) is 11.0 Å². The monoisotopic (exact) mass is 341 g/mol. The number of carbonyl (C=O) groups excluding carboxylic acids is 1. The number of fused-ring (bicyclic) bond motifs is 1. The molecule has 0 atom stereocenters. The third kappa shape index (κ3) is 3.22. The molecule has 25 heavy (non-hydrogen) atoms. The Hall–Kier alpha value is -2.82. The summed E-state index contributed by atoms with van der Waals surface area (Å²) < 4.78 is 24.6. The van der Waals surface area contributed by atoms with Gasteiger partial charge in [-0.2, -0.15) is 0 Å². The van der Waals surface area contributed by atoms with Crippen LogP contribution >= 0.6 is 0 Å². The van der Waals surface area contributed by atoms with Gasteiger partial charge in [-0.1, -0.05) is 24.3 Å². The second-order valence-electron chi connectivity index (χ2n) is 5.84. The Labute approximate surface area is 145 Å². The molecule has 4 nitrogen and oxygen atoms in total. The van der Waals surface area contributed by atoms with Crippen molar-refractivity contribution >= 4 is 16.9 Å². The molecule has 0 saturated carbocycles. The Bertz CT molecular complexity index is 916. The number of hydrogen-bond donors (Lipinski definition) is 0. The fraction of sp³-hybridized carbons (Fsp3) is 0.250. The van der Waals surface area contributed by atoms with Gasteiger partial charge in [0.2, 0.25) is 0 Å². The van der Waals surface area contributed by atoms with Crippen LogP contribution in [0.15, 0.2) is 46.9 Å². The molecule has 3 rings (SSSR count). The predicted octanol–water partition coefficient (Wildman–Crippen LogP) is 4.55. The van der Waals surface area contributed by atoms with E-state index in [1.54, 1.807) is 17.0 Å². The minimum atomic E-state index is -0.441. The molecule has 1 aromatic heterocycles. The molecule has 0 aliphatic heterocycles. The van der Waals surface area contributed by atoms with Crippen molar-refractivity contribution < 1.29 is 18.3 Å². The van der Waals surface area contributed by atoms with Gasteiger partial charge in [0.15, 0.2) is 17.3 Å². The molecule has 3 aromatic rings. The van der Waals surface area contributed by atoms with Gasteiger partial charge in [0.25, 0.3) is 5.91 Å². The van der Waals surface area contributed by atoms with Crippen LogP contribution in [0, 0.1) is 12.7 Å². The van der Waals surface area contributed by atoms with Crippen molar-refractivity contribution in [3.8, 4) is 5.75 Å². The van der Waals surface area contributed by atoms with Crippen LogP contribution in [0.1, 0.15) is 28.6 Å². The SMILES string of the molecule is CCN(Cc1ccc(OC)c(F)c1)C(=O)c1oc2ccccc2c1C. The topological polar surface area (TPSA) is 42.7 Å². The Morgan fingerprint density at radius 1 is 1.24 bits per heavy atom. The van der Waals surface area contributed by atoms with Crippen molar-refractivity contribution in [2.24, 2.45) is 0 Å². The van der Waals surface area contributed by atoms with Gasteiger partial charge in [-0.05, 0) is 37.6 Å². The molecule has 1 heterocycles. The molecule has 0 aliphatic carbocycles. The van der Waals surface area contributed by atoms with Crippen molar-refractivity contribution in [1.29, 1.82) is 0 Å². The summed E-state index contributed by atoms with van der Waals surface area (Å²) in [6.07, 6.45) is 0. The number of benzene rings is 2. The predicted molar refractivity (Wildman–Crippen MR) is 94.3 cm³/mol. The van der Waals surface area contributed by atoms with Crippen LogP contribution < -0.4 is 4.74 Å². The van der Waals surface area contributed by atoms with E-state index in [4.69, 9.17) is 9.15 Å². The molecule has 0 N–H and O–H groups in total. The molecule has 2 aromatic carbocycles. The first-order valence-corrected chi connectivity index (χ1v) is 8.15. The van der Waals surface area contributed by atoms with Gasteiger partial charge in [-0.15, -0.1) is 0 Å². The number of aryl methyl sites for hydroxylation is 1.